The smallest absolute Gasteiger partial charge is 0.408 e. The Kier molecular flexibility index (Phi) is 2.40. The predicted octanol–water partition coefficient (Wildman–Crippen LogP) is 0.0426. The number of hydrogen-bond acceptors (Lipinski definition) is 4. The number of aromatic amines is 1. The van der Waals surface area contributed by atoms with Gasteiger partial charge < -0.3 is 15.1 Å². The lowest BCUT2D eigenvalue weighted by Crippen LogP contribution is -2.30. The Hall–Kier alpha value is -2.24. The minimum Gasteiger partial charge on any atom is -0.408 e. The van der Waals surface area contributed by atoms with E-state index in [1.54, 1.807) is 30.1 Å². The molecule has 6 nitrogen and oxygen atoms in total. The first kappa shape index (κ1) is 10.3. The number of anilines is 1. The molecule has 0 saturated carbocycles. The van der Waals surface area contributed by atoms with Crippen molar-refractivity contribution in [3.8, 4) is 0 Å². The van der Waals surface area contributed by atoms with Crippen molar-refractivity contribution >= 4 is 22.7 Å². The third kappa shape index (κ3) is 1.90. The van der Waals surface area contributed by atoms with Gasteiger partial charge in [-0.1, -0.05) is 0 Å². The molecule has 0 aliphatic carbocycles. The number of nitrogens with zero attached hydrogens (tertiary/aromatic N) is 1. The highest BCUT2D eigenvalue weighted by Gasteiger charge is 2.07. The summed E-state index contributed by atoms with van der Waals surface area (Å²) in [6.07, 6.45) is 0. The van der Waals surface area contributed by atoms with Crippen molar-refractivity contribution in [1.82, 2.24) is 4.98 Å². The Labute approximate surface area is 90.6 Å². The van der Waals surface area contributed by atoms with Crippen LogP contribution in [0.3, 0.4) is 0 Å². The van der Waals surface area contributed by atoms with Gasteiger partial charge in [-0.15, -0.1) is 0 Å². The minimum atomic E-state index is -0.496. The quantitative estimate of drug-likeness (QED) is 0.765. The molecule has 1 aromatic heterocycles. The van der Waals surface area contributed by atoms with Crippen LogP contribution in [0.4, 0.5) is 5.69 Å². The van der Waals surface area contributed by atoms with E-state index >= 15 is 0 Å². The number of likely N-dealkylation sites (N-methyl/N-ethyl adjacent to an activating group) is 1. The van der Waals surface area contributed by atoms with Crippen LogP contribution in [-0.4, -0.2) is 24.5 Å². The highest BCUT2D eigenvalue weighted by atomic mass is 16.4. The first-order valence-electron chi connectivity index (χ1n) is 4.68. The fourth-order valence-electron chi connectivity index (χ4n) is 1.50. The number of nitrogens with one attached hydrogen (secondary N) is 1. The molecule has 2 rings (SSSR count). The summed E-state index contributed by atoms with van der Waals surface area (Å²) < 4.78 is 4.91. The first-order valence-corrected chi connectivity index (χ1v) is 4.68. The Morgan fingerprint density at radius 2 is 2.31 bits per heavy atom. The molecule has 16 heavy (non-hydrogen) atoms. The van der Waals surface area contributed by atoms with Gasteiger partial charge in [0, 0.05) is 18.8 Å². The van der Waals surface area contributed by atoms with Gasteiger partial charge in [-0.3, -0.25) is 9.78 Å². The van der Waals surface area contributed by atoms with Crippen LogP contribution >= 0.6 is 0 Å². The zero-order valence-electron chi connectivity index (χ0n) is 8.69. The lowest BCUT2D eigenvalue weighted by molar-refractivity contribution is -0.116. The van der Waals surface area contributed by atoms with Gasteiger partial charge in [0.25, 0.3) is 0 Å². The number of fused-ring (bicyclic) bond motifs is 1. The zero-order valence-corrected chi connectivity index (χ0v) is 8.69. The maximum absolute atomic E-state index is 10.9. The van der Waals surface area contributed by atoms with Crippen LogP contribution < -0.4 is 16.4 Å². The van der Waals surface area contributed by atoms with Crippen molar-refractivity contribution in [3.63, 3.8) is 0 Å². The first-order chi connectivity index (χ1) is 7.56. The topological polar surface area (TPSA) is 92.3 Å². The van der Waals surface area contributed by atoms with Gasteiger partial charge in [0.2, 0.25) is 5.91 Å². The summed E-state index contributed by atoms with van der Waals surface area (Å²) in [6, 6.07) is 5.17. The number of oxazole rings is 1. The summed E-state index contributed by atoms with van der Waals surface area (Å²) in [4.78, 5) is 25.9. The number of amides is 1. The van der Waals surface area contributed by atoms with Crippen LogP contribution in [0, 0.1) is 0 Å². The second kappa shape index (κ2) is 3.73. The molecule has 0 fully saturated rings. The maximum Gasteiger partial charge on any atom is 0.417 e. The molecule has 2 aromatic rings. The van der Waals surface area contributed by atoms with Crippen molar-refractivity contribution < 1.29 is 9.21 Å². The van der Waals surface area contributed by atoms with Crippen molar-refractivity contribution in [2.45, 2.75) is 0 Å². The zero-order chi connectivity index (χ0) is 11.7. The Morgan fingerprint density at radius 1 is 1.56 bits per heavy atom. The van der Waals surface area contributed by atoms with E-state index in [0.29, 0.717) is 11.1 Å². The molecule has 0 saturated heterocycles. The molecule has 0 atom stereocenters. The molecule has 1 aromatic carbocycles. The number of benzene rings is 1. The van der Waals surface area contributed by atoms with Crippen molar-refractivity contribution in [1.29, 1.82) is 0 Å². The van der Waals surface area contributed by atoms with Crippen LogP contribution in [0.5, 0.6) is 0 Å². The van der Waals surface area contributed by atoms with Crippen LogP contribution in [-0.2, 0) is 4.79 Å². The average Bonchev–Trinajstić information content (AvgIpc) is 2.55. The Morgan fingerprint density at radius 3 is 3.00 bits per heavy atom. The van der Waals surface area contributed by atoms with Crippen LogP contribution in [0.15, 0.2) is 27.4 Å². The van der Waals surface area contributed by atoms with Gasteiger partial charge in [0.05, 0.1) is 12.1 Å². The largest absolute Gasteiger partial charge is 0.417 e. The molecule has 0 radical (unpaired) electrons. The highest BCUT2D eigenvalue weighted by molar-refractivity contribution is 5.82. The molecular formula is C10H11N3O3. The van der Waals surface area contributed by atoms with E-state index in [1.807, 2.05) is 0 Å². The van der Waals surface area contributed by atoms with Gasteiger partial charge >= 0.3 is 5.76 Å². The number of rotatable bonds is 3. The van der Waals surface area contributed by atoms with Gasteiger partial charge in [0.1, 0.15) is 0 Å². The van der Waals surface area contributed by atoms with Gasteiger partial charge in [-0.25, -0.2) is 4.79 Å². The van der Waals surface area contributed by atoms with Gasteiger partial charge in [-0.2, -0.15) is 0 Å². The second-order valence-electron chi connectivity index (χ2n) is 3.52. The van der Waals surface area contributed by atoms with Gasteiger partial charge in [-0.05, 0) is 12.1 Å². The summed E-state index contributed by atoms with van der Waals surface area (Å²) in [6.45, 7) is 0.111. The maximum atomic E-state index is 10.9. The lowest BCUT2D eigenvalue weighted by atomic mass is 10.2. The third-order valence-corrected chi connectivity index (χ3v) is 2.24. The molecule has 6 heteroatoms. The average molecular weight is 221 g/mol. The number of H-pyrrole nitrogens is 1. The van der Waals surface area contributed by atoms with E-state index in [4.69, 9.17) is 10.2 Å². The normalized spacial score (nSPS) is 10.6. The van der Waals surface area contributed by atoms with Crippen molar-refractivity contribution in [2.24, 2.45) is 5.73 Å². The van der Waals surface area contributed by atoms with Crippen molar-refractivity contribution in [3.05, 3.63) is 28.7 Å². The van der Waals surface area contributed by atoms with Crippen LogP contribution in [0.1, 0.15) is 0 Å². The van der Waals surface area contributed by atoms with Crippen LogP contribution in [0.2, 0.25) is 0 Å². The Bertz CT molecular complexity index is 584. The minimum absolute atomic E-state index is 0.111. The van der Waals surface area contributed by atoms with E-state index in [-0.39, 0.29) is 6.54 Å². The number of nitrogens with two attached hydrogens (primary N) is 1. The Balaban J connectivity index is 2.38. The van der Waals surface area contributed by atoms with Crippen LogP contribution in [0.25, 0.3) is 11.1 Å². The fraction of sp³-hybridized carbons (Fsp3) is 0.200. The van der Waals surface area contributed by atoms with Crippen molar-refractivity contribution in [2.75, 3.05) is 18.5 Å². The third-order valence-electron chi connectivity index (χ3n) is 2.24. The number of aromatic nitrogens is 1. The molecule has 0 unspecified atom stereocenters. The SMILES string of the molecule is CN(CC(N)=O)c1ccc2[nH]c(=O)oc2c1. The van der Waals surface area contributed by atoms with E-state index in [2.05, 4.69) is 4.98 Å². The molecule has 84 valence electrons. The summed E-state index contributed by atoms with van der Waals surface area (Å²) in [5.74, 6) is -0.914. The number of hydrogen-bond donors (Lipinski definition) is 2. The molecule has 0 aliphatic heterocycles. The molecule has 0 aliphatic rings. The number of carbonyl (C=O) groups is 1. The second-order valence-corrected chi connectivity index (χ2v) is 3.52. The van der Waals surface area contributed by atoms with E-state index in [0.717, 1.165) is 5.69 Å². The van der Waals surface area contributed by atoms with E-state index < -0.39 is 11.7 Å². The van der Waals surface area contributed by atoms with E-state index in [1.165, 1.54) is 0 Å². The highest BCUT2D eigenvalue weighted by Crippen LogP contribution is 2.18. The molecule has 0 bridgehead atoms. The molecular weight excluding hydrogens is 210 g/mol. The summed E-state index contributed by atoms with van der Waals surface area (Å²) in [5, 5.41) is 0. The number of carbonyl (C=O) groups excluding carboxylic acids is 1. The molecule has 1 heterocycles. The summed E-state index contributed by atoms with van der Waals surface area (Å²) in [7, 11) is 1.73. The van der Waals surface area contributed by atoms with E-state index in [9.17, 15) is 9.59 Å². The standard InChI is InChI=1S/C10H11N3O3/c1-13(5-9(11)14)6-2-3-7-8(4-6)16-10(15)12-7/h2-4H,5H2,1H3,(H2,11,14)(H,12,15). The predicted molar refractivity (Wildman–Crippen MR) is 59.3 cm³/mol. The lowest BCUT2D eigenvalue weighted by Gasteiger charge is -2.16. The molecule has 3 N–H and O–H groups in total. The monoisotopic (exact) mass is 221 g/mol. The van der Waals surface area contributed by atoms with Gasteiger partial charge in [0.15, 0.2) is 5.58 Å². The summed E-state index contributed by atoms with van der Waals surface area (Å²) in [5.41, 5.74) is 6.93. The molecule has 0 spiro atoms. The molecule has 1 amide bonds. The number of primary amides is 1. The summed E-state index contributed by atoms with van der Waals surface area (Å²) >= 11 is 0. The fourth-order valence-corrected chi connectivity index (χ4v) is 1.50.